The summed E-state index contributed by atoms with van der Waals surface area (Å²) >= 11 is 0. The summed E-state index contributed by atoms with van der Waals surface area (Å²) < 4.78 is 33.0. The monoisotopic (exact) mass is 272 g/mol. The fourth-order valence-corrected chi connectivity index (χ4v) is 2.41. The Balaban J connectivity index is 2.76. The molecule has 100 valence electrons. The highest BCUT2D eigenvalue weighted by atomic mass is 32.2. The average molecular weight is 272 g/mol. The van der Waals surface area contributed by atoms with Gasteiger partial charge in [-0.2, -0.15) is 8.42 Å². The minimum Gasteiger partial charge on any atom is -0.469 e. The zero-order chi connectivity index (χ0) is 13.8. The lowest BCUT2D eigenvalue weighted by Gasteiger charge is -2.11. The molecule has 0 fully saturated rings. The first-order chi connectivity index (χ1) is 8.35. The van der Waals surface area contributed by atoms with Crippen LogP contribution >= 0.6 is 0 Å². The smallest absolute Gasteiger partial charge is 0.308 e. The third-order valence-electron chi connectivity index (χ3n) is 2.28. The van der Waals surface area contributed by atoms with Crippen LogP contribution in [0.3, 0.4) is 0 Å². The van der Waals surface area contributed by atoms with Gasteiger partial charge in [-0.15, -0.1) is 0 Å². The van der Waals surface area contributed by atoms with E-state index in [9.17, 15) is 13.2 Å². The molecule has 0 spiro atoms. The van der Waals surface area contributed by atoms with E-state index >= 15 is 0 Å². The summed E-state index contributed by atoms with van der Waals surface area (Å²) in [4.78, 5) is 11.1. The Morgan fingerprint density at radius 2 is 1.83 bits per heavy atom. The predicted octanol–water partition coefficient (Wildman–Crippen LogP) is 1.65. The van der Waals surface area contributed by atoms with Crippen molar-refractivity contribution < 1.29 is 22.1 Å². The van der Waals surface area contributed by atoms with Crippen LogP contribution in [0.1, 0.15) is 18.9 Å². The molecule has 5 nitrogen and oxygen atoms in total. The normalized spacial score (nSPS) is 13.1. The Kier molecular flexibility index (Phi) is 4.86. The number of ether oxygens (including phenoxy) is 1. The highest BCUT2D eigenvalue weighted by Crippen LogP contribution is 2.16. The van der Waals surface area contributed by atoms with Crippen molar-refractivity contribution in [1.29, 1.82) is 0 Å². The van der Waals surface area contributed by atoms with Gasteiger partial charge in [0, 0.05) is 0 Å². The van der Waals surface area contributed by atoms with Gasteiger partial charge in [-0.25, -0.2) is 0 Å². The summed E-state index contributed by atoms with van der Waals surface area (Å²) in [6, 6.07) is 6.30. The number of carbonyl (C=O) groups excluding carboxylic acids is 1. The lowest BCUT2D eigenvalue weighted by atomic mass is 10.2. The largest absolute Gasteiger partial charge is 0.469 e. The Hall–Kier alpha value is -1.40. The summed E-state index contributed by atoms with van der Waals surface area (Å²) in [5.41, 5.74) is 0.955. The summed E-state index contributed by atoms with van der Waals surface area (Å²) in [5.74, 6) is -0.512. The van der Waals surface area contributed by atoms with Crippen molar-refractivity contribution in [3.05, 3.63) is 29.8 Å². The zero-order valence-electron chi connectivity index (χ0n) is 10.5. The highest BCUT2D eigenvalue weighted by molar-refractivity contribution is 7.86. The first-order valence-corrected chi connectivity index (χ1v) is 6.83. The van der Waals surface area contributed by atoms with Crippen LogP contribution < -0.4 is 0 Å². The SMILES string of the molecule is COC(=O)C[C@@H](C)OS(=O)(=O)c1ccc(C)cc1. The van der Waals surface area contributed by atoms with Crippen LogP contribution in [0.15, 0.2) is 29.2 Å². The molecule has 0 aliphatic carbocycles. The molecule has 0 amide bonds. The first-order valence-electron chi connectivity index (χ1n) is 5.42. The molecular weight excluding hydrogens is 256 g/mol. The summed E-state index contributed by atoms with van der Waals surface area (Å²) in [6.07, 6.45) is -0.870. The van der Waals surface area contributed by atoms with Gasteiger partial charge >= 0.3 is 5.97 Å². The number of hydrogen-bond donors (Lipinski definition) is 0. The third-order valence-corrected chi connectivity index (χ3v) is 3.71. The Morgan fingerprint density at radius 1 is 1.28 bits per heavy atom. The second-order valence-corrected chi connectivity index (χ2v) is 5.53. The Morgan fingerprint density at radius 3 is 2.33 bits per heavy atom. The van der Waals surface area contributed by atoms with Gasteiger partial charge in [0.1, 0.15) is 0 Å². The Bertz CT molecular complexity index is 504. The minimum absolute atomic E-state index is 0.0739. The van der Waals surface area contributed by atoms with Gasteiger partial charge in [-0.1, -0.05) is 17.7 Å². The fraction of sp³-hybridized carbons (Fsp3) is 0.417. The number of benzene rings is 1. The topological polar surface area (TPSA) is 69.7 Å². The molecule has 0 aliphatic rings. The van der Waals surface area contributed by atoms with Crippen LogP contribution in [0.5, 0.6) is 0 Å². The number of carbonyl (C=O) groups is 1. The molecule has 1 aromatic carbocycles. The molecule has 0 radical (unpaired) electrons. The second-order valence-electron chi connectivity index (χ2n) is 3.95. The maximum Gasteiger partial charge on any atom is 0.308 e. The first kappa shape index (κ1) is 14.7. The quantitative estimate of drug-likeness (QED) is 0.602. The van der Waals surface area contributed by atoms with E-state index in [1.165, 1.54) is 26.2 Å². The van der Waals surface area contributed by atoms with E-state index in [1.807, 2.05) is 6.92 Å². The van der Waals surface area contributed by atoms with Gasteiger partial charge < -0.3 is 4.74 Å². The van der Waals surface area contributed by atoms with E-state index in [4.69, 9.17) is 4.18 Å². The van der Waals surface area contributed by atoms with Crippen molar-refractivity contribution >= 4 is 16.1 Å². The van der Waals surface area contributed by atoms with Crippen molar-refractivity contribution in [2.24, 2.45) is 0 Å². The molecular formula is C12H16O5S. The van der Waals surface area contributed by atoms with Gasteiger partial charge in [-0.3, -0.25) is 8.98 Å². The van der Waals surface area contributed by atoms with Gasteiger partial charge in [0.15, 0.2) is 0 Å². The van der Waals surface area contributed by atoms with Crippen molar-refractivity contribution in [2.75, 3.05) is 7.11 Å². The molecule has 1 aromatic rings. The van der Waals surface area contributed by atoms with E-state index in [0.29, 0.717) is 0 Å². The number of aryl methyl sites for hydroxylation is 1. The van der Waals surface area contributed by atoms with Crippen LogP contribution in [-0.2, 0) is 23.8 Å². The maximum absolute atomic E-state index is 11.8. The van der Waals surface area contributed by atoms with Crippen molar-refractivity contribution in [3.63, 3.8) is 0 Å². The molecule has 0 bridgehead atoms. The molecule has 0 aromatic heterocycles. The molecule has 1 atom stereocenters. The van der Waals surface area contributed by atoms with E-state index < -0.39 is 22.2 Å². The van der Waals surface area contributed by atoms with Crippen molar-refractivity contribution in [3.8, 4) is 0 Å². The summed E-state index contributed by atoms with van der Waals surface area (Å²) in [7, 11) is -2.60. The van der Waals surface area contributed by atoms with Crippen LogP contribution in [0.4, 0.5) is 0 Å². The van der Waals surface area contributed by atoms with Gasteiger partial charge in [-0.05, 0) is 26.0 Å². The number of hydrogen-bond acceptors (Lipinski definition) is 5. The molecule has 0 saturated carbocycles. The fourth-order valence-electron chi connectivity index (χ4n) is 1.33. The zero-order valence-corrected chi connectivity index (χ0v) is 11.4. The molecule has 6 heteroatoms. The molecule has 0 aliphatic heterocycles. The van der Waals surface area contributed by atoms with E-state index in [0.717, 1.165) is 5.56 Å². The van der Waals surface area contributed by atoms with Gasteiger partial charge in [0.05, 0.1) is 24.5 Å². The standard InChI is InChI=1S/C12H16O5S/c1-9-4-6-11(7-5-9)18(14,15)17-10(2)8-12(13)16-3/h4-7,10H,8H2,1-3H3/t10-/m1/s1. The lowest BCUT2D eigenvalue weighted by molar-refractivity contribution is -0.142. The summed E-state index contributed by atoms with van der Waals surface area (Å²) in [5, 5.41) is 0. The van der Waals surface area contributed by atoms with Crippen molar-refractivity contribution in [2.45, 2.75) is 31.3 Å². The van der Waals surface area contributed by atoms with Gasteiger partial charge in [0.2, 0.25) is 0 Å². The number of rotatable bonds is 5. The third kappa shape index (κ3) is 4.12. The van der Waals surface area contributed by atoms with E-state index in [2.05, 4.69) is 4.74 Å². The highest BCUT2D eigenvalue weighted by Gasteiger charge is 2.20. The second kappa shape index (κ2) is 5.97. The number of esters is 1. The molecule has 0 heterocycles. The molecule has 1 rings (SSSR count). The van der Waals surface area contributed by atoms with Gasteiger partial charge in [0.25, 0.3) is 10.1 Å². The Labute approximate surface area is 107 Å². The number of methoxy groups -OCH3 is 1. The maximum atomic E-state index is 11.8. The molecule has 18 heavy (non-hydrogen) atoms. The summed E-state index contributed by atoms with van der Waals surface area (Å²) in [6.45, 7) is 3.36. The predicted molar refractivity (Wildman–Crippen MR) is 65.5 cm³/mol. The minimum atomic E-state index is -3.84. The molecule has 0 N–H and O–H groups in total. The van der Waals surface area contributed by atoms with Crippen LogP contribution in [0.25, 0.3) is 0 Å². The van der Waals surface area contributed by atoms with Crippen LogP contribution in [0, 0.1) is 6.92 Å². The van der Waals surface area contributed by atoms with E-state index in [1.54, 1.807) is 12.1 Å². The van der Waals surface area contributed by atoms with Crippen LogP contribution in [0.2, 0.25) is 0 Å². The molecule has 0 saturated heterocycles. The van der Waals surface area contributed by atoms with Crippen molar-refractivity contribution in [1.82, 2.24) is 0 Å². The average Bonchev–Trinajstić information content (AvgIpc) is 2.28. The van der Waals surface area contributed by atoms with Crippen LogP contribution in [-0.4, -0.2) is 27.6 Å². The van der Waals surface area contributed by atoms with E-state index in [-0.39, 0.29) is 11.3 Å². The molecule has 0 unspecified atom stereocenters. The lowest BCUT2D eigenvalue weighted by Crippen LogP contribution is -2.19.